The average Bonchev–Trinajstić information content (AvgIpc) is 3.16. The zero-order valence-electron chi connectivity index (χ0n) is 31.2. The van der Waals surface area contributed by atoms with Gasteiger partial charge in [0.15, 0.2) is 6.73 Å². The first kappa shape index (κ1) is 44.9. The molecule has 0 saturated carbocycles. The summed E-state index contributed by atoms with van der Waals surface area (Å²) >= 11 is 0. The van der Waals surface area contributed by atoms with E-state index in [0.29, 0.717) is 5.56 Å². The molecule has 1 heterocycles. The van der Waals surface area contributed by atoms with Gasteiger partial charge in [0.1, 0.15) is 17.5 Å². The number of halogens is 7. The Bertz CT molecular complexity index is 1860. The van der Waals surface area contributed by atoms with E-state index in [1.165, 1.54) is 18.2 Å². The number of hydrogen-bond donors (Lipinski definition) is 3. The highest BCUT2D eigenvalue weighted by Crippen LogP contribution is 2.33. The second kappa shape index (κ2) is 18.0. The summed E-state index contributed by atoms with van der Waals surface area (Å²) in [6.07, 6.45) is -16.2. The van der Waals surface area contributed by atoms with E-state index in [4.69, 9.17) is 15.2 Å². The molecule has 2 aromatic rings. The number of ether oxygens (including phenoxy) is 2. The molecule has 4 unspecified atom stereocenters. The molecule has 0 radical (unpaired) electrons. The van der Waals surface area contributed by atoms with Crippen molar-refractivity contribution in [3.63, 3.8) is 0 Å². The quantitative estimate of drug-likeness (QED) is 0.127. The first-order valence-corrected chi connectivity index (χ1v) is 17.1. The first-order chi connectivity index (χ1) is 25.8. The third kappa shape index (κ3) is 12.8. The number of rotatable bonds is 13. The Kier molecular flexibility index (Phi) is 14.4. The van der Waals surface area contributed by atoms with E-state index >= 15 is 0 Å². The van der Waals surface area contributed by atoms with Crippen molar-refractivity contribution in [3.8, 4) is 0 Å². The minimum absolute atomic E-state index is 0.0416. The van der Waals surface area contributed by atoms with Crippen molar-refractivity contribution in [1.29, 1.82) is 0 Å². The molecule has 1 aliphatic rings. The van der Waals surface area contributed by atoms with Crippen LogP contribution >= 0.6 is 0 Å². The zero-order valence-corrected chi connectivity index (χ0v) is 31.2. The molecule has 2 aromatic carbocycles. The maximum Gasteiger partial charge on any atom is 0.409 e. The predicted octanol–water partition coefficient (Wildman–Crippen LogP) is 5.99. The van der Waals surface area contributed by atoms with Crippen LogP contribution in [0.3, 0.4) is 0 Å². The monoisotopic (exact) mass is 801 g/mol. The highest BCUT2D eigenvalue weighted by atomic mass is 19.4. The third-order valence-corrected chi connectivity index (χ3v) is 8.16. The number of fused-ring (bicyclic) bond motifs is 1. The van der Waals surface area contributed by atoms with E-state index in [1.54, 1.807) is 53.7 Å². The van der Waals surface area contributed by atoms with Gasteiger partial charge in [0.05, 0.1) is 23.2 Å². The fraction of sp³-hybridized carbons (Fsp3) is 0.459. The van der Waals surface area contributed by atoms with E-state index < -0.39 is 109 Å². The second-order valence-corrected chi connectivity index (χ2v) is 14.2. The summed E-state index contributed by atoms with van der Waals surface area (Å²) in [6, 6.07) is 8.12. The minimum Gasteiger partial charge on any atom is -0.444 e. The van der Waals surface area contributed by atoms with Crippen LogP contribution in [0.2, 0.25) is 0 Å². The normalized spacial score (nSPS) is 16.7. The molecule has 0 aliphatic carbocycles. The summed E-state index contributed by atoms with van der Waals surface area (Å²) in [6.45, 7) is 8.62. The number of alkyl halides is 6. The van der Waals surface area contributed by atoms with Gasteiger partial charge in [-0.1, -0.05) is 50.3 Å². The molecule has 0 aromatic heterocycles. The molecule has 56 heavy (non-hydrogen) atoms. The number of nitrogens with one attached hydrogen (secondary N) is 2. The van der Waals surface area contributed by atoms with Gasteiger partial charge >= 0.3 is 24.4 Å². The molecule has 3 rings (SSSR count). The molecule has 0 saturated heterocycles. The van der Waals surface area contributed by atoms with Crippen LogP contribution in [0.4, 0.5) is 41.2 Å². The number of carbonyl (C=O) groups is 5. The lowest BCUT2D eigenvalue weighted by molar-refractivity contribution is -0.148. The van der Waals surface area contributed by atoms with Crippen LogP contribution in [-0.4, -0.2) is 72.4 Å². The number of anilines is 1. The van der Waals surface area contributed by atoms with Gasteiger partial charge in [-0.05, 0) is 57.7 Å². The van der Waals surface area contributed by atoms with Gasteiger partial charge < -0.3 is 25.8 Å². The molecule has 0 bridgehead atoms. The molecule has 4 N–H and O–H groups in total. The lowest BCUT2D eigenvalue weighted by Gasteiger charge is -2.29. The topological polar surface area (TPSA) is 169 Å². The van der Waals surface area contributed by atoms with Gasteiger partial charge in [-0.2, -0.15) is 26.3 Å². The zero-order chi connectivity index (χ0) is 42.3. The largest absolute Gasteiger partial charge is 0.444 e. The van der Waals surface area contributed by atoms with Crippen LogP contribution in [-0.2, 0) is 28.7 Å². The fourth-order valence-corrected chi connectivity index (χ4v) is 5.62. The number of para-hydroxylation sites is 1. The molecule has 0 fully saturated rings. The number of hydrogen-bond acceptors (Lipinski definition) is 8. The van der Waals surface area contributed by atoms with Crippen LogP contribution in [0.25, 0.3) is 0 Å². The van der Waals surface area contributed by atoms with Crippen molar-refractivity contribution in [2.45, 2.75) is 84.5 Å². The number of benzene rings is 2. The number of primary amides is 1. The number of aliphatic imine (C=N–C) groups is 1. The van der Waals surface area contributed by atoms with Crippen LogP contribution in [0, 0.1) is 30.5 Å². The number of aryl methyl sites for hydroxylation is 1. The maximum atomic E-state index is 14.6. The Morgan fingerprint density at radius 3 is 2.21 bits per heavy atom. The Balaban J connectivity index is 2.15. The van der Waals surface area contributed by atoms with Crippen LogP contribution in [0.15, 0.2) is 59.6 Å². The van der Waals surface area contributed by atoms with Gasteiger partial charge in [0, 0.05) is 23.6 Å². The number of nitrogens with zero attached hydrogens (tertiary/aromatic N) is 2. The number of alkyl carbamates (subject to hydrolysis) is 1. The SMILES string of the molecule is Cc1cccc2c1N(COC(=O)C(NC(=O)OC(C)(C)C)C(C)C)C(=O)C(NC(=O)C(C=CC(F)(F)F)C(CCC(F)(F)F)C(N)=O)N=C2c1cccc(F)c1. The van der Waals surface area contributed by atoms with Crippen molar-refractivity contribution < 1.29 is 64.2 Å². The molecule has 0 spiro atoms. The Morgan fingerprint density at radius 1 is 1.02 bits per heavy atom. The van der Waals surface area contributed by atoms with Gasteiger partial charge in [-0.15, -0.1) is 0 Å². The summed E-state index contributed by atoms with van der Waals surface area (Å²) < 4.78 is 105. The van der Waals surface area contributed by atoms with E-state index in [2.05, 4.69) is 15.6 Å². The van der Waals surface area contributed by atoms with Crippen LogP contribution in [0.5, 0.6) is 0 Å². The van der Waals surface area contributed by atoms with Gasteiger partial charge in [0.2, 0.25) is 18.0 Å². The first-order valence-electron chi connectivity index (χ1n) is 17.1. The van der Waals surface area contributed by atoms with Crippen LogP contribution < -0.4 is 21.3 Å². The number of esters is 1. The predicted molar refractivity (Wildman–Crippen MR) is 188 cm³/mol. The molecular formula is C37H42F7N5O7. The molecule has 4 amide bonds. The number of benzodiazepines with no additional fused rings is 1. The number of amides is 4. The number of carbonyl (C=O) groups excluding carboxylic acids is 5. The fourth-order valence-electron chi connectivity index (χ4n) is 5.62. The van der Waals surface area contributed by atoms with E-state index in [1.807, 2.05) is 0 Å². The van der Waals surface area contributed by atoms with Gasteiger partial charge in [0.25, 0.3) is 5.91 Å². The Hall–Kier alpha value is -5.49. The molecule has 1 aliphatic heterocycles. The standard InChI is InChI=1S/C37H42F7N5O7/c1-19(2)26(47-34(54)56-35(4,5)6)33(53)55-18-49-28-20(3)9-7-12-25(28)27(21-10-8-11-22(38)17-21)46-30(32(49)52)48-31(51)24(14-16-37(42,43)44)23(29(45)50)13-15-36(39,40)41/h7-12,14,16-17,19,23-24,26,30H,13,15,18H2,1-6H3,(H2,45,50)(H,47,54)(H,48,51). The number of allylic oxidation sites excluding steroid dienone is 1. The highest BCUT2D eigenvalue weighted by molar-refractivity contribution is 6.20. The lowest BCUT2D eigenvalue weighted by atomic mass is 9.86. The van der Waals surface area contributed by atoms with Crippen molar-refractivity contribution >= 4 is 41.2 Å². The summed E-state index contributed by atoms with van der Waals surface area (Å²) in [4.78, 5) is 71.7. The molecular weight excluding hydrogens is 759 g/mol. The lowest BCUT2D eigenvalue weighted by Crippen LogP contribution is -2.52. The summed E-state index contributed by atoms with van der Waals surface area (Å²) in [7, 11) is 0. The maximum absolute atomic E-state index is 14.6. The Labute approximate surface area is 317 Å². The summed E-state index contributed by atoms with van der Waals surface area (Å²) in [5.41, 5.74) is 4.83. The third-order valence-electron chi connectivity index (χ3n) is 8.16. The Morgan fingerprint density at radius 2 is 1.66 bits per heavy atom. The highest BCUT2D eigenvalue weighted by Gasteiger charge is 2.41. The van der Waals surface area contributed by atoms with Crippen molar-refractivity contribution in [2.75, 3.05) is 11.6 Å². The minimum atomic E-state index is -5.09. The van der Waals surface area contributed by atoms with Crippen LogP contribution in [0.1, 0.15) is 64.2 Å². The molecule has 12 nitrogen and oxygen atoms in total. The molecule has 19 heteroatoms. The smallest absolute Gasteiger partial charge is 0.409 e. The van der Waals surface area contributed by atoms with Crippen molar-refractivity contribution in [1.82, 2.24) is 10.6 Å². The second-order valence-electron chi connectivity index (χ2n) is 14.2. The van der Waals surface area contributed by atoms with Crippen molar-refractivity contribution in [2.24, 2.45) is 28.5 Å². The summed E-state index contributed by atoms with van der Waals surface area (Å²) in [5, 5.41) is 4.53. The van der Waals surface area contributed by atoms with Gasteiger partial charge in [-0.25, -0.2) is 19.0 Å². The average molecular weight is 802 g/mol. The number of nitrogens with two attached hydrogens (primary N) is 1. The van der Waals surface area contributed by atoms with E-state index in [0.717, 1.165) is 17.0 Å². The van der Waals surface area contributed by atoms with Crippen molar-refractivity contribution in [3.05, 3.63) is 77.1 Å². The summed E-state index contributed by atoms with van der Waals surface area (Å²) in [5.74, 6) is -11.0. The van der Waals surface area contributed by atoms with E-state index in [-0.39, 0.29) is 28.6 Å². The molecule has 4 atom stereocenters. The van der Waals surface area contributed by atoms with Gasteiger partial charge in [-0.3, -0.25) is 19.3 Å². The molecule has 306 valence electrons. The van der Waals surface area contributed by atoms with E-state index in [9.17, 15) is 54.7 Å².